The minimum atomic E-state index is 0.562. The van der Waals surface area contributed by atoms with Crippen LogP contribution in [0.2, 0.25) is 0 Å². The number of nitrogens with one attached hydrogen (secondary N) is 1. The molecule has 16 heavy (non-hydrogen) atoms. The number of ether oxygens (including phenoxy) is 1. The van der Waals surface area contributed by atoms with Crippen molar-refractivity contribution in [2.24, 2.45) is 7.05 Å². The summed E-state index contributed by atoms with van der Waals surface area (Å²) in [4.78, 5) is 4.04. The normalized spacial score (nSPS) is 10.2. The van der Waals surface area contributed by atoms with Crippen molar-refractivity contribution in [3.63, 3.8) is 0 Å². The van der Waals surface area contributed by atoms with Gasteiger partial charge in [-0.15, -0.1) is 10.2 Å². The van der Waals surface area contributed by atoms with E-state index in [1.807, 2.05) is 23.7 Å². The molecule has 2 heterocycles. The molecule has 0 saturated heterocycles. The summed E-state index contributed by atoms with van der Waals surface area (Å²) in [6.45, 7) is 0. The van der Waals surface area contributed by atoms with Crippen LogP contribution in [0.25, 0.3) is 11.4 Å². The van der Waals surface area contributed by atoms with E-state index in [-0.39, 0.29) is 0 Å². The summed E-state index contributed by atoms with van der Waals surface area (Å²) in [6, 6.07) is 3.69. The van der Waals surface area contributed by atoms with Crippen molar-refractivity contribution in [2.45, 2.75) is 0 Å². The first-order valence-corrected chi connectivity index (χ1v) is 4.84. The van der Waals surface area contributed by atoms with Crippen LogP contribution in [0.15, 0.2) is 18.3 Å². The molecule has 0 spiro atoms. The van der Waals surface area contributed by atoms with Gasteiger partial charge in [-0.05, 0) is 6.07 Å². The molecule has 2 aromatic rings. The van der Waals surface area contributed by atoms with E-state index in [2.05, 4.69) is 20.5 Å². The van der Waals surface area contributed by atoms with Crippen LogP contribution in [0, 0.1) is 0 Å². The smallest absolute Gasteiger partial charge is 0.224 e. The molecule has 0 unspecified atom stereocenters. The van der Waals surface area contributed by atoms with Gasteiger partial charge in [-0.2, -0.15) is 0 Å². The van der Waals surface area contributed by atoms with Gasteiger partial charge < -0.3 is 10.1 Å². The zero-order valence-corrected chi connectivity index (χ0v) is 9.43. The van der Waals surface area contributed by atoms with Gasteiger partial charge in [0.05, 0.1) is 7.11 Å². The molecule has 0 saturated carbocycles. The van der Waals surface area contributed by atoms with E-state index in [9.17, 15) is 0 Å². The largest absolute Gasteiger partial charge is 0.481 e. The maximum absolute atomic E-state index is 5.07. The van der Waals surface area contributed by atoms with E-state index >= 15 is 0 Å². The number of hydrogen-bond donors (Lipinski definition) is 1. The van der Waals surface area contributed by atoms with Crippen molar-refractivity contribution in [3.8, 4) is 17.3 Å². The molecule has 6 heteroatoms. The van der Waals surface area contributed by atoms with Crippen LogP contribution in [0.5, 0.6) is 5.88 Å². The van der Waals surface area contributed by atoms with Crippen LogP contribution >= 0.6 is 0 Å². The van der Waals surface area contributed by atoms with Gasteiger partial charge in [0.25, 0.3) is 0 Å². The third-order valence-corrected chi connectivity index (χ3v) is 2.30. The van der Waals surface area contributed by atoms with E-state index in [4.69, 9.17) is 4.74 Å². The van der Waals surface area contributed by atoms with E-state index in [0.717, 1.165) is 11.4 Å². The van der Waals surface area contributed by atoms with Crippen LogP contribution < -0.4 is 10.1 Å². The van der Waals surface area contributed by atoms with Crippen molar-refractivity contribution in [3.05, 3.63) is 18.3 Å². The first-order valence-electron chi connectivity index (χ1n) is 4.84. The Hall–Kier alpha value is -2.11. The Balaban J connectivity index is 2.45. The second-order valence-corrected chi connectivity index (χ2v) is 3.24. The summed E-state index contributed by atoms with van der Waals surface area (Å²) in [5.41, 5.74) is 0.920. The van der Waals surface area contributed by atoms with Crippen LogP contribution in [-0.2, 0) is 7.05 Å². The SMILES string of the molecule is CNc1nnc(-c2ccnc(OC)c2)n1C. The number of methoxy groups -OCH3 is 1. The Morgan fingerprint density at radius 3 is 2.81 bits per heavy atom. The summed E-state index contributed by atoms with van der Waals surface area (Å²) < 4.78 is 6.93. The lowest BCUT2D eigenvalue weighted by molar-refractivity contribution is 0.398. The average Bonchev–Trinajstić information content (AvgIpc) is 2.70. The second-order valence-electron chi connectivity index (χ2n) is 3.24. The molecule has 0 bridgehead atoms. The van der Waals surface area contributed by atoms with E-state index in [0.29, 0.717) is 11.8 Å². The molecule has 0 aromatic carbocycles. The molecular weight excluding hydrogens is 206 g/mol. The van der Waals surface area contributed by atoms with E-state index in [1.54, 1.807) is 20.4 Å². The van der Waals surface area contributed by atoms with Gasteiger partial charge in [0, 0.05) is 31.9 Å². The Morgan fingerprint density at radius 2 is 2.19 bits per heavy atom. The highest BCUT2D eigenvalue weighted by Crippen LogP contribution is 2.21. The van der Waals surface area contributed by atoms with Crippen molar-refractivity contribution < 1.29 is 4.74 Å². The fourth-order valence-corrected chi connectivity index (χ4v) is 1.46. The number of nitrogens with zero attached hydrogens (tertiary/aromatic N) is 4. The lowest BCUT2D eigenvalue weighted by atomic mass is 10.2. The van der Waals surface area contributed by atoms with Crippen molar-refractivity contribution >= 4 is 5.95 Å². The molecular formula is C10H13N5O. The Morgan fingerprint density at radius 1 is 1.38 bits per heavy atom. The second kappa shape index (κ2) is 4.18. The number of aromatic nitrogens is 4. The van der Waals surface area contributed by atoms with E-state index < -0.39 is 0 Å². The summed E-state index contributed by atoms with van der Waals surface area (Å²) in [6.07, 6.45) is 1.68. The summed E-state index contributed by atoms with van der Waals surface area (Å²) in [5, 5.41) is 11.1. The predicted octanol–water partition coefficient (Wildman–Crippen LogP) is 0.927. The molecule has 2 aromatic heterocycles. The van der Waals surface area contributed by atoms with Gasteiger partial charge in [0.1, 0.15) is 0 Å². The average molecular weight is 219 g/mol. The summed E-state index contributed by atoms with van der Waals surface area (Å²) in [7, 11) is 5.29. The Labute approximate surface area is 93.3 Å². The molecule has 84 valence electrons. The first kappa shape index (κ1) is 10.4. The van der Waals surface area contributed by atoms with Crippen molar-refractivity contribution in [1.29, 1.82) is 0 Å². The van der Waals surface area contributed by atoms with Crippen LogP contribution in [0.4, 0.5) is 5.95 Å². The minimum Gasteiger partial charge on any atom is -0.481 e. The molecule has 0 aliphatic heterocycles. The monoisotopic (exact) mass is 219 g/mol. The van der Waals surface area contributed by atoms with E-state index in [1.165, 1.54) is 0 Å². The van der Waals surface area contributed by atoms with Gasteiger partial charge >= 0.3 is 0 Å². The highest BCUT2D eigenvalue weighted by Gasteiger charge is 2.10. The molecule has 0 aliphatic carbocycles. The Kier molecular flexibility index (Phi) is 2.72. The zero-order valence-electron chi connectivity index (χ0n) is 9.43. The molecule has 0 amide bonds. The van der Waals surface area contributed by atoms with Gasteiger partial charge in [-0.25, -0.2) is 4.98 Å². The lowest BCUT2D eigenvalue weighted by Gasteiger charge is -2.04. The van der Waals surface area contributed by atoms with Gasteiger partial charge in [0.15, 0.2) is 5.82 Å². The summed E-state index contributed by atoms with van der Waals surface area (Å²) >= 11 is 0. The third kappa shape index (κ3) is 1.69. The zero-order chi connectivity index (χ0) is 11.5. The van der Waals surface area contributed by atoms with Crippen LogP contribution in [-0.4, -0.2) is 33.9 Å². The fraction of sp³-hybridized carbons (Fsp3) is 0.300. The van der Waals surface area contributed by atoms with Gasteiger partial charge in [0.2, 0.25) is 11.8 Å². The molecule has 0 aliphatic rings. The number of anilines is 1. The maximum atomic E-state index is 5.07. The maximum Gasteiger partial charge on any atom is 0.224 e. The van der Waals surface area contributed by atoms with Crippen molar-refractivity contribution in [1.82, 2.24) is 19.7 Å². The third-order valence-electron chi connectivity index (χ3n) is 2.30. The van der Waals surface area contributed by atoms with Gasteiger partial charge in [-0.3, -0.25) is 4.57 Å². The van der Waals surface area contributed by atoms with Crippen molar-refractivity contribution in [2.75, 3.05) is 19.5 Å². The minimum absolute atomic E-state index is 0.562. The van der Waals surface area contributed by atoms with Crippen LogP contribution in [0.3, 0.4) is 0 Å². The molecule has 0 fully saturated rings. The lowest BCUT2D eigenvalue weighted by Crippen LogP contribution is -2.00. The molecule has 0 atom stereocenters. The topological polar surface area (TPSA) is 64.9 Å². The van der Waals surface area contributed by atoms with Crippen LogP contribution in [0.1, 0.15) is 0 Å². The fourth-order valence-electron chi connectivity index (χ4n) is 1.46. The molecule has 0 radical (unpaired) electrons. The molecule has 2 rings (SSSR count). The first-order chi connectivity index (χ1) is 7.76. The standard InChI is InChI=1S/C10H13N5O/c1-11-10-14-13-9(15(10)2)7-4-5-12-8(6-7)16-3/h4-6H,1-3H3,(H,11,14). The number of pyridine rings is 1. The molecule has 1 N–H and O–H groups in total. The Bertz CT molecular complexity index is 494. The van der Waals surface area contributed by atoms with Gasteiger partial charge in [-0.1, -0.05) is 0 Å². The number of hydrogen-bond acceptors (Lipinski definition) is 5. The predicted molar refractivity (Wildman–Crippen MR) is 60.3 cm³/mol. The quantitative estimate of drug-likeness (QED) is 0.831. The number of rotatable bonds is 3. The molecule has 6 nitrogen and oxygen atoms in total. The summed E-state index contributed by atoms with van der Waals surface area (Å²) in [5.74, 6) is 2.04. The highest BCUT2D eigenvalue weighted by molar-refractivity contribution is 5.58. The highest BCUT2D eigenvalue weighted by atomic mass is 16.5.